The fourth-order valence-electron chi connectivity index (χ4n) is 3.25. The van der Waals surface area contributed by atoms with Crippen molar-refractivity contribution in [2.24, 2.45) is 0 Å². The van der Waals surface area contributed by atoms with Gasteiger partial charge in [-0.05, 0) is 31.5 Å². The van der Waals surface area contributed by atoms with E-state index in [4.69, 9.17) is 25.8 Å². The number of carbonyl (C=O) groups is 2. The zero-order valence-corrected chi connectivity index (χ0v) is 13.3. The number of halogens is 1. The van der Waals surface area contributed by atoms with E-state index in [2.05, 4.69) is 5.32 Å². The Labute approximate surface area is 137 Å². The molecule has 3 heterocycles. The lowest BCUT2D eigenvalue weighted by Gasteiger charge is -2.27. The van der Waals surface area contributed by atoms with Gasteiger partial charge in [0.05, 0.1) is 16.3 Å². The molecule has 6 nitrogen and oxygen atoms in total. The Balaban J connectivity index is 1.85. The van der Waals surface area contributed by atoms with Crippen LogP contribution in [0.15, 0.2) is 23.4 Å². The molecule has 0 spiro atoms. The molecule has 0 saturated heterocycles. The van der Waals surface area contributed by atoms with E-state index in [0.717, 1.165) is 5.56 Å². The molecule has 3 aliphatic rings. The largest absolute Gasteiger partial charge is 0.454 e. The second-order valence-electron chi connectivity index (χ2n) is 6.23. The van der Waals surface area contributed by atoms with E-state index in [0.29, 0.717) is 27.8 Å². The Morgan fingerprint density at radius 1 is 1.26 bits per heavy atom. The third-order valence-corrected chi connectivity index (χ3v) is 4.57. The van der Waals surface area contributed by atoms with Gasteiger partial charge < -0.3 is 19.5 Å². The minimum atomic E-state index is -0.846. The van der Waals surface area contributed by atoms with E-state index in [1.807, 2.05) is 0 Å². The predicted molar refractivity (Wildman–Crippen MR) is 80.3 cm³/mol. The van der Waals surface area contributed by atoms with Crippen molar-refractivity contribution in [3.8, 4) is 11.5 Å². The Hall–Kier alpha value is -2.21. The lowest BCUT2D eigenvalue weighted by Crippen LogP contribution is -2.38. The van der Waals surface area contributed by atoms with Crippen molar-refractivity contribution < 1.29 is 23.8 Å². The number of ether oxygens (including phenoxy) is 3. The molecule has 120 valence electrons. The lowest BCUT2D eigenvalue weighted by molar-refractivity contribution is -0.144. The van der Waals surface area contributed by atoms with Gasteiger partial charge in [0.1, 0.15) is 5.60 Å². The third kappa shape index (κ3) is 2.09. The van der Waals surface area contributed by atoms with Gasteiger partial charge in [0.15, 0.2) is 11.5 Å². The number of carbonyl (C=O) groups excluding carboxylic acids is 2. The van der Waals surface area contributed by atoms with Gasteiger partial charge in [-0.3, -0.25) is 4.79 Å². The summed E-state index contributed by atoms with van der Waals surface area (Å²) in [6.45, 7) is 3.61. The zero-order chi connectivity index (χ0) is 16.4. The van der Waals surface area contributed by atoms with Crippen LogP contribution in [0.3, 0.4) is 0 Å². The number of benzene rings is 1. The van der Waals surface area contributed by atoms with E-state index < -0.39 is 17.5 Å². The number of fused-ring (bicyclic) bond motifs is 1. The van der Waals surface area contributed by atoms with Gasteiger partial charge in [-0.25, -0.2) is 4.79 Å². The number of amides is 1. The Morgan fingerprint density at radius 2 is 2.04 bits per heavy atom. The van der Waals surface area contributed by atoms with Crippen LogP contribution in [-0.4, -0.2) is 24.3 Å². The van der Waals surface area contributed by atoms with Crippen LogP contribution in [0.4, 0.5) is 0 Å². The number of hydrogen-bond donors (Lipinski definition) is 1. The highest BCUT2D eigenvalue weighted by Crippen LogP contribution is 2.47. The number of esters is 1. The summed E-state index contributed by atoms with van der Waals surface area (Å²) in [6.07, 6.45) is 0.153. The second kappa shape index (κ2) is 4.64. The van der Waals surface area contributed by atoms with Crippen molar-refractivity contribution >= 4 is 23.5 Å². The molecule has 0 aliphatic carbocycles. The number of cyclic esters (lactones) is 1. The standard InChI is InChI=1S/C16H14ClNO5/c1-16(2)14-12(15(20)23-16)8(5-11(19)18-14)7-3-9(17)13-10(4-7)21-6-22-13/h3-4,8H,5-6H2,1-2H3,(H,18,19). The van der Waals surface area contributed by atoms with Crippen molar-refractivity contribution in [3.63, 3.8) is 0 Å². The topological polar surface area (TPSA) is 73.9 Å². The fourth-order valence-corrected chi connectivity index (χ4v) is 3.52. The summed E-state index contributed by atoms with van der Waals surface area (Å²) in [4.78, 5) is 24.4. The van der Waals surface area contributed by atoms with Crippen molar-refractivity contribution in [1.29, 1.82) is 0 Å². The van der Waals surface area contributed by atoms with Crippen molar-refractivity contribution in [3.05, 3.63) is 34.0 Å². The van der Waals surface area contributed by atoms with Gasteiger partial charge in [-0.2, -0.15) is 0 Å². The maximum absolute atomic E-state index is 12.3. The SMILES string of the molecule is CC1(C)OC(=O)C2=C1NC(=O)CC2c1cc(Cl)c2c(c1)OCO2. The summed E-state index contributed by atoms with van der Waals surface area (Å²) < 4.78 is 16.1. The van der Waals surface area contributed by atoms with Crippen LogP contribution >= 0.6 is 11.6 Å². The molecule has 0 fully saturated rings. The molecule has 0 aromatic heterocycles. The first-order valence-electron chi connectivity index (χ1n) is 7.23. The van der Waals surface area contributed by atoms with E-state index in [9.17, 15) is 9.59 Å². The molecule has 1 aromatic rings. The lowest BCUT2D eigenvalue weighted by atomic mass is 9.82. The molecule has 1 amide bonds. The number of hydrogen-bond acceptors (Lipinski definition) is 5. The highest BCUT2D eigenvalue weighted by molar-refractivity contribution is 6.32. The molecule has 0 radical (unpaired) electrons. The van der Waals surface area contributed by atoms with Crippen LogP contribution in [0, 0.1) is 0 Å². The smallest absolute Gasteiger partial charge is 0.337 e. The van der Waals surface area contributed by atoms with Gasteiger partial charge in [-0.15, -0.1) is 0 Å². The van der Waals surface area contributed by atoms with Crippen molar-refractivity contribution in [1.82, 2.24) is 5.32 Å². The molecule has 7 heteroatoms. The van der Waals surface area contributed by atoms with Gasteiger partial charge >= 0.3 is 5.97 Å². The highest BCUT2D eigenvalue weighted by atomic mass is 35.5. The second-order valence-corrected chi connectivity index (χ2v) is 6.64. The van der Waals surface area contributed by atoms with Crippen LogP contribution in [0.2, 0.25) is 5.02 Å². The van der Waals surface area contributed by atoms with E-state index in [1.165, 1.54) is 0 Å². The molecular weight excluding hydrogens is 322 g/mol. The summed E-state index contributed by atoms with van der Waals surface area (Å²) in [5.74, 6) is 0.0168. The Bertz CT molecular complexity index is 783. The maximum atomic E-state index is 12.3. The first-order valence-corrected chi connectivity index (χ1v) is 7.61. The van der Waals surface area contributed by atoms with Gasteiger partial charge in [0, 0.05) is 12.3 Å². The molecule has 0 saturated carbocycles. The fraction of sp³-hybridized carbons (Fsp3) is 0.375. The van der Waals surface area contributed by atoms with Crippen LogP contribution < -0.4 is 14.8 Å². The van der Waals surface area contributed by atoms with Crippen LogP contribution in [-0.2, 0) is 14.3 Å². The molecule has 23 heavy (non-hydrogen) atoms. The summed E-state index contributed by atoms with van der Waals surface area (Å²) in [6, 6.07) is 3.47. The normalized spacial score (nSPS) is 24.4. The Morgan fingerprint density at radius 3 is 2.83 bits per heavy atom. The van der Waals surface area contributed by atoms with E-state index in [-0.39, 0.29) is 19.1 Å². The van der Waals surface area contributed by atoms with Crippen molar-refractivity contribution in [2.75, 3.05) is 6.79 Å². The van der Waals surface area contributed by atoms with Crippen LogP contribution in [0.25, 0.3) is 0 Å². The Kier molecular flexibility index (Phi) is 2.90. The molecule has 1 N–H and O–H groups in total. The molecular formula is C16H14ClNO5. The average molecular weight is 336 g/mol. The summed E-state index contributed by atoms with van der Waals surface area (Å²) in [5.41, 5.74) is 0.888. The van der Waals surface area contributed by atoms with E-state index in [1.54, 1.807) is 26.0 Å². The van der Waals surface area contributed by atoms with Crippen LogP contribution in [0.1, 0.15) is 31.7 Å². The summed E-state index contributed by atoms with van der Waals surface area (Å²) in [7, 11) is 0. The maximum Gasteiger partial charge on any atom is 0.337 e. The number of nitrogens with one attached hydrogen (secondary N) is 1. The summed E-state index contributed by atoms with van der Waals surface area (Å²) >= 11 is 6.23. The first kappa shape index (κ1) is 14.4. The highest BCUT2D eigenvalue weighted by Gasteiger charge is 2.47. The van der Waals surface area contributed by atoms with Gasteiger partial charge in [0.25, 0.3) is 0 Å². The summed E-state index contributed by atoms with van der Waals surface area (Å²) in [5, 5.41) is 3.17. The molecule has 1 atom stereocenters. The van der Waals surface area contributed by atoms with Crippen LogP contribution in [0.5, 0.6) is 11.5 Å². The van der Waals surface area contributed by atoms with E-state index >= 15 is 0 Å². The molecule has 4 rings (SSSR count). The van der Waals surface area contributed by atoms with Gasteiger partial charge in [0.2, 0.25) is 12.7 Å². The first-order chi connectivity index (χ1) is 10.9. The minimum absolute atomic E-state index is 0.104. The van der Waals surface area contributed by atoms with Gasteiger partial charge in [-0.1, -0.05) is 11.6 Å². The molecule has 1 unspecified atom stereocenters. The number of rotatable bonds is 1. The molecule has 0 bridgehead atoms. The van der Waals surface area contributed by atoms with Crippen molar-refractivity contribution in [2.45, 2.75) is 31.8 Å². The quantitative estimate of drug-likeness (QED) is 0.797. The third-order valence-electron chi connectivity index (χ3n) is 4.29. The zero-order valence-electron chi connectivity index (χ0n) is 12.6. The molecule has 3 aliphatic heterocycles. The minimum Gasteiger partial charge on any atom is -0.454 e. The molecule has 1 aromatic carbocycles. The monoisotopic (exact) mass is 335 g/mol. The average Bonchev–Trinajstić information content (AvgIpc) is 3.02. The predicted octanol–water partition coefficient (Wildman–Crippen LogP) is 2.26.